The first-order chi connectivity index (χ1) is 18.5. The van der Waals surface area contributed by atoms with Gasteiger partial charge in [0.15, 0.2) is 0 Å². The van der Waals surface area contributed by atoms with E-state index in [9.17, 15) is 19.6 Å². The molecule has 0 bridgehead atoms. The van der Waals surface area contributed by atoms with E-state index in [-0.39, 0.29) is 46.2 Å². The van der Waals surface area contributed by atoms with Crippen LogP contribution in [0.5, 0.6) is 0 Å². The minimum absolute atomic E-state index is 0. The number of hydrogen-bond donors (Lipinski definition) is 4. The molecule has 1 aliphatic heterocycles. The van der Waals surface area contributed by atoms with Gasteiger partial charge in [0.1, 0.15) is 0 Å². The number of aliphatic hydroxyl groups is 1. The van der Waals surface area contributed by atoms with E-state index >= 15 is 0 Å². The Balaban J connectivity index is 0. The van der Waals surface area contributed by atoms with Gasteiger partial charge in [0.25, 0.3) is 0 Å². The minimum atomic E-state index is -1.54. The number of likely N-dealkylation sites (tertiary alicyclic amines) is 1. The number of carbonyl (C=O) groups excluding carboxylic acids is 3. The molecule has 1 aliphatic rings. The SMILES string of the molecule is CO.O=C(CCCCCN(Cc1ccccn1)Cc1ccccn1)NCC(=O)N1CCCC1B(O)O.[CH-]=O.[CH3-].[Re]. The van der Waals surface area contributed by atoms with Gasteiger partial charge in [-0.1, -0.05) is 18.6 Å². The van der Waals surface area contributed by atoms with Crippen molar-refractivity contribution in [2.45, 2.75) is 57.6 Å². The molecular formula is C27H42BN5O6Re-2. The minimum Gasteiger partial charge on any atom is -0.545 e. The van der Waals surface area contributed by atoms with E-state index in [0.29, 0.717) is 19.4 Å². The molecule has 2 aromatic rings. The van der Waals surface area contributed by atoms with Crippen LogP contribution in [-0.4, -0.2) is 93.3 Å². The maximum Gasteiger partial charge on any atom is 0.475 e. The Kier molecular flexibility index (Phi) is 24.1. The molecule has 223 valence electrons. The molecule has 40 heavy (non-hydrogen) atoms. The van der Waals surface area contributed by atoms with E-state index in [2.05, 4.69) is 27.0 Å². The largest absolute Gasteiger partial charge is 0.545 e. The van der Waals surface area contributed by atoms with E-state index in [4.69, 9.17) is 9.90 Å². The van der Waals surface area contributed by atoms with Gasteiger partial charge in [-0.15, -0.1) is 0 Å². The third-order valence-corrected chi connectivity index (χ3v) is 6.00. The molecule has 2 amide bonds. The zero-order valence-electron chi connectivity index (χ0n) is 23.4. The Morgan fingerprint density at radius 3 is 2.10 bits per heavy atom. The van der Waals surface area contributed by atoms with Crippen LogP contribution in [0.4, 0.5) is 0 Å². The molecule has 0 aromatic carbocycles. The number of aromatic nitrogens is 2. The number of pyridine rings is 2. The van der Waals surface area contributed by atoms with E-state index < -0.39 is 13.1 Å². The summed E-state index contributed by atoms with van der Waals surface area (Å²) in [5, 5.41) is 28.4. The Morgan fingerprint density at radius 2 is 1.60 bits per heavy atom. The summed E-state index contributed by atoms with van der Waals surface area (Å²) in [7, 11) is -0.544. The molecule has 1 fully saturated rings. The number of hydrogen-bond acceptors (Lipinski definition) is 9. The average molecular weight is 730 g/mol. The molecule has 3 heterocycles. The molecule has 0 aliphatic carbocycles. The molecule has 0 spiro atoms. The summed E-state index contributed by atoms with van der Waals surface area (Å²) in [6.07, 6.45) is 7.83. The van der Waals surface area contributed by atoms with Gasteiger partial charge in [-0.2, -0.15) is 0 Å². The topological polar surface area (TPSA) is 156 Å². The molecule has 1 atom stereocenters. The second-order valence-electron chi connectivity index (χ2n) is 8.65. The van der Waals surface area contributed by atoms with Crippen molar-refractivity contribution in [2.24, 2.45) is 0 Å². The van der Waals surface area contributed by atoms with Gasteiger partial charge in [0.05, 0.1) is 23.9 Å². The third kappa shape index (κ3) is 15.3. The van der Waals surface area contributed by atoms with Crippen molar-refractivity contribution in [3.8, 4) is 0 Å². The van der Waals surface area contributed by atoms with Crippen LogP contribution in [0.25, 0.3) is 0 Å². The zero-order chi connectivity index (χ0) is 28.2. The van der Waals surface area contributed by atoms with Crippen LogP contribution in [0.15, 0.2) is 48.8 Å². The molecule has 1 unspecified atom stereocenters. The molecule has 0 saturated carbocycles. The number of nitrogens with zero attached hydrogens (tertiary/aromatic N) is 4. The Hall–Kier alpha value is -2.52. The van der Waals surface area contributed by atoms with Gasteiger partial charge in [0, 0.05) is 66.0 Å². The monoisotopic (exact) mass is 730 g/mol. The summed E-state index contributed by atoms with van der Waals surface area (Å²) in [4.78, 5) is 44.8. The smallest absolute Gasteiger partial charge is 0.475 e. The van der Waals surface area contributed by atoms with Crippen LogP contribution in [0.3, 0.4) is 0 Å². The number of amides is 2. The molecule has 1 radical (unpaired) electrons. The van der Waals surface area contributed by atoms with E-state index in [1.807, 2.05) is 36.4 Å². The first-order valence-electron chi connectivity index (χ1n) is 12.7. The second-order valence-corrected chi connectivity index (χ2v) is 8.65. The number of carbonyl (C=O) groups is 2. The Labute approximate surface area is 252 Å². The summed E-state index contributed by atoms with van der Waals surface area (Å²) in [5.74, 6) is -1.01. The van der Waals surface area contributed by atoms with Gasteiger partial charge >= 0.3 is 7.12 Å². The normalized spacial score (nSPS) is 13.4. The van der Waals surface area contributed by atoms with E-state index in [0.717, 1.165) is 63.8 Å². The molecule has 3 rings (SSSR count). The van der Waals surface area contributed by atoms with E-state index in [1.54, 1.807) is 12.4 Å². The van der Waals surface area contributed by atoms with Crippen molar-refractivity contribution < 1.29 is 50.0 Å². The fourth-order valence-electron chi connectivity index (χ4n) is 4.23. The first-order valence-corrected chi connectivity index (χ1v) is 12.7. The van der Waals surface area contributed by atoms with E-state index in [1.165, 1.54) is 4.90 Å². The number of nitrogens with one attached hydrogen (secondary N) is 1. The predicted molar refractivity (Wildman–Crippen MR) is 150 cm³/mol. The Bertz CT molecular complexity index is 875. The molecule has 2 aromatic heterocycles. The zero-order valence-corrected chi connectivity index (χ0v) is 26.1. The summed E-state index contributed by atoms with van der Waals surface area (Å²) < 4.78 is 0. The quantitative estimate of drug-likeness (QED) is 0.102. The van der Waals surface area contributed by atoms with Gasteiger partial charge in [-0.05, 0) is 56.5 Å². The van der Waals surface area contributed by atoms with Gasteiger partial charge in [-0.25, -0.2) is 0 Å². The summed E-state index contributed by atoms with van der Waals surface area (Å²) >= 11 is 0. The van der Waals surface area contributed by atoms with Crippen molar-refractivity contribution in [3.63, 3.8) is 0 Å². The fourth-order valence-corrected chi connectivity index (χ4v) is 4.23. The van der Waals surface area contributed by atoms with Crippen molar-refractivity contribution in [1.29, 1.82) is 0 Å². The van der Waals surface area contributed by atoms with Crippen molar-refractivity contribution >= 4 is 25.7 Å². The first kappa shape index (κ1) is 39.6. The van der Waals surface area contributed by atoms with Crippen molar-refractivity contribution in [3.05, 3.63) is 67.6 Å². The standard InChI is InChI=1S/C24H34BN5O4.CH4O.CHO.CH3.Re/c31-23(28-17-24(32)30-16-8-11-22(30)25(33)34)12-2-1-7-15-29(18-20-9-3-5-13-26-20)19-21-10-4-6-14-27-21;2*1-2;;/h3-6,9-10,13-14,22,33-34H,1-2,7-8,11-12,15-19H2,(H,28,31);2H,1H3;1H;1H3;/q;;2*-1;. The molecule has 4 N–H and O–H groups in total. The number of aliphatic hydroxyl groups excluding tert-OH is 1. The number of rotatable bonds is 13. The molecular weight excluding hydrogens is 687 g/mol. The van der Waals surface area contributed by atoms with Crippen molar-refractivity contribution in [1.82, 2.24) is 25.1 Å². The second kappa shape index (κ2) is 24.3. The molecule has 1 saturated heterocycles. The average Bonchev–Trinajstić information content (AvgIpc) is 3.46. The van der Waals surface area contributed by atoms with Crippen LogP contribution >= 0.6 is 0 Å². The molecule has 13 heteroatoms. The fraction of sp³-hybridized carbons (Fsp3) is 0.481. The number of unbranched alkanes of at least 4 members (excludes halogenated alkanes) is 2. The maximum absolute atomic E-state index is 12.3. The van der Waals surface area contributed by atoms with Crippen LogP contribution in [-0.2, 0) is 47.9 Å². The van der Waals surface area contributed by atoms with Crippen LogP contribution in [0.2, 0.25) is 0 Å². The van der Waals surface area contributed by atoms with Crippen LogP contribution in [0, 0.1) is 7.43 Å². The maximum atomic E-state index is 12.3. The summed E-state index contributed by atoms with van der Waals surface area (Å²) in [5.41, 5.74) is 2.02. The van der Waals surface area contributed by atoms with Crippen LogP contribution in [0.1, 0.15) is 49.9 Å². The predicted octanol–water partition coefficient (Wildman–Crippen LogP) is 0.941. The Morgan fingerprint density at radius 1 is 1.02 bits per heavy atom. The van der Waals surface area contributed by atoms with Gasteiger partial charge in [-0.3, -0.25) is 31.2 Å². The van der Waals surface area contributed by atoms with Crippen molar-refractivity contribution in [2.75, 3.05) is 26.7 Å². The summed E-state index contributed by atoms with van der Waals surface area (Å²) in [6, 6.07) is 11.8. The van der Waals surface area contributed by atoms with Gasteiger partial charge in [0.2, 0.25) is 11.8 Å². The van der Waals surface area contributed by atoms with Gasteiger partial charge < -0.3 is 37.6 Å². The molecule has 11 nitrogen and oxygen atoms in total. The van der Waals surface area contributed by atoms with Crippen LogP contribution < -0.4 is 5.32 Å². The third-order valence-electron chi connectivity index (χ3n) is 6.00. The summed E-state index contributed by atoms with van der Waals surface area (Å²) in [6.45, 7) is 5.97.